The van der Waals surface area contributed by atoms with Gasteiger partial charge in [0.1, 0.15) is 6.04 Å². The van der Waals surface area contributed by atoms with Crippen molar-refractivity contribution in [2.75, 3.05) is 12.4 Å². The lowest BCUT2D eigenvalue weighted by Crippen LogP contribution is -1.99. The standard InChI is InChI=1S/C9H9BrN2O4/c1-16-9-3-2-6(7(5-10)11-13)4-8(9)12(14)15/h2-4,7H,5H2,1H3. The fraction of sp³-hybridized carbons (Fsp3) is 0.333. The van der Waals surface area contributed by atoms with E-state index in [0.717, 1.165) is 0 Å². The minimum atomic E-state index is -0.635. The van der Waals surface area contributed by atoms with Crippen molar-refractivity contribution in [2.45, 2.75) is 6.04 Å². The SMILES string of the molecule is COc1ccc(C(CBr)N=O)cc1[N+](=O)[O-]. The van der Waals surface area contributed by atoms with Crippen molar-refractivity contribution in [3.63, 3.8) is 0 Å². The molecule has 0 bridgehead atoms. The van der Waals surface area contributed by atoms with Crippen LogP contribution in [0.2, 0.25) is 0 Å². The fourth-order valence-corrected chi connectivity index (χ4v) is 1.73. The van der Waals surface area contributed by atoms with Crippen LogP contribution in [0.5, 0.6) is 5.75 Å². The highest BCUT2D eigenvalue weighted by Gasteiger charge is 2.19. The van der Waals surface area contributed by atoms with Crippen molar-refractivity contribution in [2.24, 2.45) is 5.18 Å². The van der Waals surface area contributed by atoms with Crippen molar-refractivity contribution in [1.29, 1.82) is 0 Å². The van der Waals surface area contributed by atoms with Crippen molar-refractivity contribution in [3.05, 3.63) is 38.8 Å². The Bertz CT molecular complexity index is 410. The van der Waals surface area contributed by atoms with Crippen LogP contribution in [0.4, 0.5) is 5.69 Å². The molecule has 0 aliphatic heterocycles. The normalized spacial score (nSPS) is 11.9. The topological polar surface area (TPSA) is 81.8 Å². The molecule has 1 aromatic carbocycles. The van der Waals surface area contributed by atoms with E-state index >= 15 is 0 Å². The molecule has 1 rings (SSSR count). The molecule has 6 nitrogen and oxygen atoms in total. The zero-order valence-electron chi connectivity index (χ0n) is 8.42. The van der Waals surface area contributed by atoms with Crippen LogP contribution < -0.4 is 4.74 Å². The molecule has 0 aliphatic rings. The second kappa shape index (κ2) is 5.55. The minimum Gasteiger partial charge on any atom is -0.490 e. The zero-order valence-corrected chi connectivity index (χ0v) is 10.0. The number of nitrogens with zero attached hydrogens (tertiary/aromatic N) is 2. The van der Waals surface area contributed by atoms with Crippen LogP contribution in [0.15, 0.2) is 23.4 Å². The van der Waals surface area contributed by atoms with E-state index in [2.05, 4.69) is 21.1 Å². The Balaban J connectivity index is 3.20. The van der Waals surface area contributed by atoms with Crippen LogP contribution in [-0.2, 0) is 0 Å². The predicted octanol–water partition coefficient (Wildman–Crippen LogP) is 2.81. The van der Waals surface area contributed by atoms with Crippen molar-refractivity contribution < 1.29 is 9.66 Å². The molecule has 16 heavy (non-hydrogen) atoms. The van der Waals surface area contributed by atoms with Crippen LogP contribution in [0, 0.1) is 15.0 Å². The van der Waals surface area contributed by atoms with E-state index in [1.807, 2.05) is 0 Å². The molecule has 0 saturated carbocycles. The number of nitro groups is 1. The summed E-state index contributed by atoms with van der Waals surface area (Å²) >= 11 is 3.12. The number of methoxy groups -OCH3 is 1. The van der Waals surface area contributed by atoms with Gasteiger partial charge in [0.15, 0.2) is 5.75 Å². The van der Waals surface area contributed by atoms with Gasteiger partial charge in [0, 0.05) is 11.4 Å². The fourth-order valence-electron chi connectivity index (χ4n) is 1.24. The molecule has 0 spiro atoms. The molecular formula is C9H9BrN2O4. The molecular weight excluding hydrogens is 280 g/mol. The molecule has 0 N–H and O–H groups in total. The zero-order chi connectivity index (χ0) is 12.1. The summed E-state index contributed by atoms with van der Waals surface area (Å²) in [6.45, 7) is 0. The number of ether oxygens (including phenoxy) is 1. The summed E-state index contributed by atoms with van der Waals surface area (Å²) in [6.07, 6.45) is 0. The third-order valence-electron chi connectivity index (χ3n) is 2.06. The molecule has 1 unspecified atom stereocenters. The first kappa shape index (κ1) is 12.6. The second-order valence-corrected chi connectivity index (χ2v) is 3.61. The smallest absolute Gasteiger partial charge is 0.311 e. The number of nitro benzene ring substituents is 1. The van der Waals surface area contributed by atoms with Gasteiger partial charge in [-0.3, -0.25) is 10.1 Å². The average Bonchev–Trinajstić information content (AvgIpc) is 2.30. The highest BCUT2D eigenvalue weighted by atomic mass is 79.9. The van der Waals surface area contributed by atoms with Gasteiger partial charge in [-0.05, 0) is 11.6 Å². The van der Waals surface area contributed by atoms with Crippen molar-refractivity contribution >= 4 is 21.6 Å². The maximum absolute atomic E-state index is 10.7. The number of hydrogen-bond acceptors (Lipinski definition) is 5. The Morgan fingerprint density at radius 2 is 2.31 bits per heavy atom. The Morgan fingerprint density at radius 3 is 2.75 bits per heavy atom. The number of nitroso groups, excluding NO2 is 1. The number of alkyl halides is 1. The van der Waals surface area contributed by atoms with Crippen molar-refractivity contribution in [3.8, 4) is 5.75 Å². The number of rotatable bonds is 5. The highest BCUT2D eigenvalue weighted by molar-refractivity contribution is 9.09. The van der Waals surface area contributed by atoms with Gasteiger partial charge in [-0.15, -0.1) is 0 Å². The Morgan fingerprint density at radius 1 is 1.62 bits per heavy atom. The molecule has 1 atom stereocenters. The molecule has 86 valence electrons. The van der Waals surface area contributed by atoms with Gasteiger partial charge in [0.25, 0.3) is 0 Å². The Kier molecular flexibility index (Phi) is 4.36. The van der Waals surface area contributed by atoms with E-state index in [9.17, 15) is 15.0 Å². The van der Waals surface area contributed by atoms with E-state index in [1.165, 1.54) is 19.2 Å². The van der Waals surface area contributed by atoms with Gasteiger partial charge in [-0.1, -0.05) is 27.2 Å². The predicted molar refractivity (Wildman–Crippen MR) is 62.0 cm³/mol. The van der Waals surface area contributed by atoms with Gasteiger partial charge < -0.3 is 4.74 Å². The molecule has 0 aromatic heterocycles. The summed E-state index contributed by atoms with van der Waals surface area (Å²) < 4.78 is 4.85. The van der Waals surface area contributed by atoms with Crippen LogP contribution >= 0.6 is 15.9 Å². The maximum Gasteiger partial charge on any atom is 0.311 e. The molecule has 7 heteroatoms. The van der Waals surface area contributed by atoms with Crippen LogP contribution in [0.3, 0.4) is 0 Å². The monoisotopic (exact) mass is 288 g/mol. The summed E-state index contributed by atoms with van der Waals surface area (Å²) in [5.41, 5.74) is 0.314. The third kappa shape index (κ3) is 2.54. The lowest BCUT2D eigenvalue weighted by Gasteiger charge is -2.07. The summed E-state index contributed by atoms with van der Waals surface area (Å²) in [5, 5.41) is 13.9. The average molecular weight is 289 g/mol. The molecule has 0 amide bonds. The van der Waals surface area contributed by atoms with E-state index in [0.29, 0.717) is 10.9 Å². The highest BCUT2D eigenvalue weighted by Crippen LogP contribution is 2.31. The Labute approximate surface area is 99.9 Å². The van der Waals surface area contributed by atoms with Crippen LogP contribution in [0.25, 0.3) is 0 Å². The van der Waals surface area contributed by atoms with Crippen LogP contribution in [-0.4, -0.2) is 17.4 Å². The second-order valence-electron chi connectivity index (χ2n) is 2.96. The van der Waals surface area contributed by atoms with Crippen molar-refractivity contribution in [1.82, 2.24) is 0 Å². The molecule has 0 radical (unpaired) electrons. The van der Waals surface area contributed by atoms with Gasteiger partial charge in [0.2, 0.25) is 0 Å². The van der Waals surface area contributed by atoms with E-state index in [4.69, 9.17) is 4.74 Å². The quantitative estimate of drug-likeness (QED) is 0.361. The summed E-state index contributed by atoms with van der Waals surface area (Å²) in [7, 11) is 1.35. The Hall–Kier alpha value is -1.50. The first-order valence-corrected chi connectivity index (χ1v) is 5.47. The van der Waals surface area contributed by atoms with E-state index in [-0.39, 0.29) is 11.4 Å². The molecule has 0 aliphatic carbocycles. The molecule has 1 aromatic rings. The van der Waals surface area contributed by atoms with E-state index < -0.39 is 11.0 Å². The number of benzene rings is 1. The summed E-state index contributed by atoms with van der Waals surface area (Å²) in [4.78, 5) is 20.7. The van der Waals surface area contributed by atoms with E-state index in [1.54, 1.807) is 6.07 Å². The van der Waals surface area contributed by atoms with Gasteiger partial charge in [-0.25, -0.2) is 0 Å². The number of hydrogen-bond donors (Lipinski definition) is 0. The summed E-state index contributed by atoms with van der Waals surface area (Å²) in [5.74, 6) is 0.160. The van der Waals surface area contributed by atoms with Gasteiger partial charge in [-0.2, -0.15) is 4.91 Å². The third-order valence-corrected chi connectivity index (χ3v) is 2.67. The summed E-state index contributed by atoms with van der Waals surface area (Å²) in [6, 6.07) is 3.70. The lowest BCUT2D eigenvalue weighted by atomic mass is 10.1. The molecule has 0 heterocycles. The van der Waals surface area contributed by atoms with Crippen LogP contribution in [0.1, 0.15) is 11.6 Å². The minimum absolute atomic E-state index is 0.160. The van der Waals surface area contributed by atoms with Gasteiger partial charge >= 0.3 is 5.69 Å². The molecule has 0 fully saturated rings. The lowest BCUT2D eigenvalue weighted by molar-refractivity contribution is -0.385. The number of halogens is 1. The maximum atomic E-state index is 10.7. The largest absolute Gasteiger partial charge is 0.490 e. The molecule has 0 saturated heterocycles. The van der Waals surface area contributed by atoms with Gasteiger partial charge in [0.05, 0.1) is 12.0 Å². The first-order valence-electron chi connectivity index (χ1n) is 4.34. The first-order chi connectivity index (χ1) is 7.63.